The highest BCUT2D eigenvalue weighted by atomic mass is 19.4. The molecule has 0 saturated heterocycles. The van der Waals surface area contributed by atoms with Gasteiger partial charge >= 0.3 is 6.18 Å². The molecule has 0 spiro atoms. The van der Waals surface area contributed by atoms with E-state index in [1.54, 1.807) is 6.07 Å². The summed E-state index contributed by atoms with van der Waals surface area (Å²) in [7, 11) is 0. The van der Waals surface area contributed by atoms with Gasteiger partial charge in [-0.1, -0.05) is 6.92 Å². The number of allylic oxidation sites excluding steroid dienone is 1. The fourth-order valence-electron chi connectivity index (χ4n) is 3.80. The van der Waals surface area contributed by atoms with Crippen LogP contribution in [0, 0.1) is 17.0 Å². The predicted octanol–water partition coefficient (Wildman–Crippen LogP) is 5.20. The van der Waals surface area contributed by atoms with Crippen molar-refractivity contribution in [1.82, 2.24) is 24.6 Å². The van der Waals surface area contributed by atoms with Crippen LogP contribution < -0.4 is 11.1 Å². The highest BCUT2D eigenvalue weighted by molar-refractivity contribution is 5.88. The number of nitrogens with one attached hydrogen (secondary N) is 2. The zero-order valence-electron chi connectivity index (χ0n) is 18.7. The number of fused-ring (bicyclic) bond motifs is 1. The molecule has 1 atom stereocenters. The van der Waals surface area contributed by atoms with Crippen molar-refractivity contribution in [2.75, 3.05) is 11.1 Å². The molecule has 0 aliphatic rings. The fourth-order valence-corrected chi connectivity index (χ4v) is 3.80. The van der Waals surface area contributed by atoms with Crippen LogP contribution in [-0.4, -0.2) is 30.8 Å². The van der Waals surface area contributed by atoms with Gasteiger partial charge in [0.25, 0.3) is 0 Å². The maximum Gasteiger partial charge on any atom is 0.451 e. The maximum atomic E-state index is 14.1. The molecule has 36 heavy (non-hydrogen) atoms. The lowest BCUT2D eigenvalue weighted by Crippen LogP contribution is -2.10. The largest absolute Gasteiger partial charge is 0.451 e. The van der Waals surface area contributed by atoms with Crippen LogP contribution >= 0.6 is 0 Å². The summed E-state index contributed by atoms with van der Waals surface area (Å²) in [4.78, 5) is 10.8. The number of halogens is 5. The predicted molar refractivity (Wildman–Crippen MR) is 123 cm³/mol. The van der Waals surface area contributed by atoms with E-state index in [1.807, 2.05) is 6.92 Å². The number of hydrogen-bond donors (Lipinski definition) is 3. The Morgan fingerprint density at radius 2 is 1.89 bits per heavy atom. The Labute approximate surface area is 201 Å². The third kappa shape index (κ3) is 4.72. The number of anilines is 2. The maximum absolute atomic E-state index is 14.1. The monoisotopic (exact) mass is 502 g/mol. The Hall–Kier alpha value is -4.42. The van der Waals surface area contributed by atoms with E-state index in [2.05, 4.69) is 25.4 Å². The van der Waals surface area contributed by atoms with E-state index in [9.17, 15) is 22.0 Å². The normalized spacial score (nSPS) is 13.1. The lowest BCUT2D eigenvalue weighted by molar-refractivity contribution is -0.144. The van der Waals surface area contributed by atoms with Crippen molar-refractivity contribution in [1.29, 1.82) is 5.41 Å². The molecule has 8 nitrogen and oxygen atoms in total. The first-order valence-corrected chi connectivity index (χ1v) is 10.6. The van der Waals surface area contributed by atoms with Crippen molar-refractivity contribution < 1.29 is 22.0 Å². The molecule has 4 N–H and O–H groups in total. The summed E-state index contributed by atoms with van der Waals surface area (Å²) >= 11 is 0. The third-order valence-electron chi connectivity index (χ3n) is 5.49. The van der Waals surface area contributed by atoms with E-state index in [4.69, 9.17) is 11.1 Å². The standard InChI is InChI=1S/C23H19F5N8/c1-2-15(12(7-29)8-31-18-4-3-14(24)5-17(18)25)19-6-16(20-21(30)34-11-35-36(19)20)13-9-32-22(33-10-13)23(26,27)28/h3-11,15,29,31H,2H2,1H3,(H2,30,34,35)/b12-8+,29-7?. The van der Waals surface area contributed by atoms with Gasteiger partial charge in [-0.25, -0.2) is 28.2 Å². The second kappa shape index (κ2) is 9.68. The number of hydrogen-bond acceptors (Lipinski definition) is 7. The Bertz CT molecular complexity index is 1440. The van der Waals surface area contributed by atoms with Crippen LogP contribution in [0.4, 0.5) is 33.5 Å². The first-order chi connectivity index (χ1) is 17.1. The van der Waals surface area contributed by atoms with Crippen LogP contribution in [0.1, 0.15) is 30.8 Å². The number of benzene rings is 1. The van der Waals surface area contributed by atoms with Gasteiger partial charge in [-0.05, 0) is 30.2 Å². The summed E-state index contributed by atoms with van der Waals surface area (Å²) in [6.07, 6.45) is 1.57. The summed E-state index contributed by atoms with van der Waals surface area (Å²) < 4.78 is 67.5. The molecule has 4 rings (SSSR count). The highest BCUT2D eigenvalue weighted by Crippen LogP contribution is 2.36. The minimum absolute atomic E-state index is 0.0137. The number of aromatic nitrogens is 5. The number of rotatable bonds is 7. The van der Waals surface area contributed by atoms with Crippen LogP contribution in [0.3, 0.4) is 0 Å². The Morgan fingerprint density at radius 1 is 1.17 bits per heavy atom. The summed E-state index contributed by atoms with van der Waals surface area (Å²) in [5.74, 6) is -3.20. The quantitative estimate of drug-likeness (QED) is 0.236. The second-order valence-electron chi connectivity index (χ2n) is 7.70. The van der Waals surface area contributed by atoms with Gasteiger partial charge in [0.1, 0.15) is 23.5 Å². The second-order valence-corrected chi connectivity index (χ2v) is 7.70. The molecule has 0 aliphatic heterocycles. The molecule has 0 bridgehead atoms. The summed E-state index contributed by atoms with van der Waals surface area (Å²) in [6.45, 7) is 1.85. The first-order valence-electron chi connectivity index (χ1n) is 10.6. The van der Waals surface area contributed by atoms with Gasteiger partial charge in [0.15, 0.2) is 5.82 Å². The van der Waals surface area contributed by atoms with Crippen LogP contribution in [0.2, 0.25) is 0 Å². The molecule has 3 heterocycles. The van der Waals surface area contributed by atoms with Crippen molar-refractivity contribution >= 4 is 23.2 Å². The minimum atomic E-state index is -4.69. The van der Waals surface area contributed by atoms with Crippen molar-refractivity contribution in [2.45, 2.75) is 25.4 Å². The Balaban J connectivity index is 1.79. The molecule has 3 aromatic heterocycles. The lowest BCUT2D eigenvalue weighted by atomic mass is 9.93. The summed E-state index contributed by atoms with van der Waals surface area (Å²) in [5.41, 5.74) is 8.06. The molecule has 0 amide bonds. The van der Waals surface area contributed by atoms with Gasteiger partial charge in [-0.15, -0.1) is 0 Å². The summed E-state index contributed by atoms with van der Waals surface area (Å²) in [5, 5.41) is 14.9. The van der Waals surface area contributed by atoms with E-state index < -0.39 is 29.6 Å². The van der Waals surface area contributed by atoms with Gasteiger partial charge in [0.2, 0.25) is 5.82 Å². The Kier molecular flexibility index (Phi) is 6.64. The van der Waals surface area contributed by atoms with Gasteiger partial charge in [0, 0.05) is 47.9 Å². The zero-order chi connectivity index (χ0) is 26.0. The molecule has 1 unspecified atom stereocenters. The van der Waals surface area contributed by atoms with Crippen molar-refractivity contribution in [2.24, 2.45) is 0 Å². The highest BCUT2D eigenvalue weighted by Gasteiger charge is 2.34. The average molecular weight is 502 g/mol. The van der Waals surface area contributed by atoms with E-state index in [0.29, 0.717) is 28.8 Å². The van der Waals surface area contributed by atoms with Gasteiger partial charge in [-0.3, -0.25) is 0 Å². The molecule has 0 aliphatic carbocycles. The molecule has 0 saturated carbocycles. The van der Waals surface area contributed by atoms with Gasteiger partial charge in [-0.2, -0.15) is 18.3 Å². The number of nitrogens with two attached hydrogens (primary N) is 1. The van der Waals surface area contributed by atoms with Crippen molar-refractivity contribution in [3.05, 3.63) is 77.9 Å². The SMILES string of the molecule is CCC(/C(C=N)=C/Nc1ccc(F)cc1F)c1cc(-c2cnc(C(F)(F)F)nc2)c2c(N)ncnn12. The van der Waals surface area contributed by atoms with E-state index in [0.717, 1.165) is 30.7 Å². The molecule has 0 radical (unpaired) electrons. The van der Waals surface area contributed by atoms with Crippen molar-refractivity contribution in [3.8, 4) is 11.1 Å². The smallest absolute Gasteiger partial charge is 0.382 e. The summed E-state index contributed by atoms with van der Waals surface area (Å²) in [6, 6.07) is 4.72. The van der Waals surface area contributed by atoms with Crippen LogP contribution in [0.15, 0.2) is 54.8 Å². The molecule has 186 valence electrons. The third-order valence-corrected chi connectivity index (χ3v) is 5.49. The topological polar surface area (TPSA) is 118 Å². The zero-order valence-corrected chi connectivity index (χ0v) is 18.7. The average Bonchev–Trinajstić information content (AvgIpc) is 3.23. The Morgan fingerprint density at radius 3 is 2.50 bits per heavy atom. The molecule has 0 fully saturated rings. The molecule has 1 aromatic carbocycles. The van der Waals surface area contributed by atoms with Crippen LogP contribution in [-0.2, 0) is 6.18 Å². The lowest BCUT2D eigenvalue weighted by Gasteiger charge is -2.16. The van der Waals surface area contributed by atoms with Crippen molar-refractivity contribution in [3.63, 3.8) is 0 Å². The molecular formula is C23H19F5N8. The van der Waals surface area contributed by atoms with Gasteiger partial charge < -0.3 is 16.5 Å². The number of nitrogen functional groups attached to an aromatic ring is 1. The molecule has 4 aromatic rings. The van der Waals surface area contributed by atoms with E-state index in [1.165, 1.54) is 23.1 Å². The number of alkyl halides is 3. The number of nitrogens with zero attached hydrogens (tertiary/aromatic N) is 5. The van der Waals surface area contributed by atoms with Crippen LogP contribution in [0.25, 0.3) is 16.6 Å². The fraction of sp³-hybridized carbons (Fsp3) is 0.174. The van der Waals surface area contributed by atoms with E-state index in [-0.39, 0.29) is 17.1 Å². The minimum Gasteiger partial charge on any atom is -0.382 e. The first kappa shape index (κ1) is 24.7. The molecular weight excluding hydrogens is 483 g/mol. The van der Waals surface area contributed by atoms with Gasteiger partial charge in [0.05, 0.1) is 11.4 Å². The van der Waals surface area contributed by atoms with E-state index >= 15 is 0 Å². The van der Waals surface area contributed by atoms with Crippen LogP contribution in [0.5, 0.6) is 0 Å². The molecule has 13 heteroatoms.